The number of alkyl halides is 3. The molecule has 10 heteroatoms. The maximum Gasteiger partial charge on any atom is 0.417 e. The summed E-state index contributed by atoms with van der Waals surface area (Å²) in [5.74, 6) is 0.253. The van der Waals surface area contributed by atoms with Crippen LogP contribution in [0.5, 0.6) is 5.75 Å². The molecule has 6 nitrogen and oxygen atoms in total. The molecule has 0 N–H and O–H groups in total. The van der Waals surface area contributed by atoms with E-state index in [1.165, 1.54) is 6.07 Å². The van der Waals surface area contributed by atoms with Crippen LogP contribution in [0.1, 0.15) is 31.9 Å². The predicted molar refractivity (Wildman–Crippen MR) is 147 cm³/mol. The number of carbonyl (C=O) groups excluding carboxylic acids is 1. The zero-order chi connectivity index (χ0) is 28.4. The third-order valence-electron chi connectivity index (χ3n) is 6.37. The highest BCUT2D eigenvalue weighted by Crippen LogP contribution is 2.40. The number of hydrogen-bond donors (Lipinski definition) is 0. The van der Waals surface area contributed by atoms with Crippen molar-refractivity contribution in [2.24, 2.45) is 0 Å². The number of benzene rings is 3. The molecule has 4 rings (SSSR count). The summed E-state index contributed by atoms with van der Waals surface area (Å²) < 4.78 is 51.6. The third kappa shape index (κ3) is 5.60. The second kappa shape index (κ2) is 11.0. The number of hydrogen-bond acceptors (Lipinski definition) is 5. The lowest BCUT2D eigenvalue weighted by molar-refractivity contribution is -0.137. The largest absolute Gasteiger partial charge is 0.491 e. The Hall–Kier alpha value is -3.94. The summed E-state index contributed by atoms with van der Waals surface area (Å²) in [5.41, 5.74) is -0.363. The summed E-state index contributed by atoms with van der Waals surface area (Å²) >= 11 is 5.60. The van der Waals surface area contributed by atoms with Gasteiger partial charge in [-0.3, -0.25) is 9.69 Å². The van der Waals surface area contributed by atoms with Crippen LogP contribution in [0.4, 0.5) is 24.5 Å². The van der Waals surface area contributed by atoms with Gasteiger partial charge >= 0.3 is 6.18 Å². The number of ether oxygens (including phenoxy) is 2. The number of anilines is 2. The Morgan fingerprint density at radius 1 is 0.949 bits per heavy atom. The normalized spacial score (nSPS) is 15.0. The fourth-order valence-corrected chi connectivity index (χ4v) is 4.89. The minimum Gasteiger partial charge on any atom is -0.491 e. The first-order valence-corrected chi connectivity index (χ1v) is 12.6. The van der Waals surface area contributed by atoms with E-state index >= 15 is 0 Å². The van der Waals surface area contributed by atoms with Crippen molar-refractivity contribution in [2.75, 3.05) is 29.6 Å². The van der Waals surface area contributed by atoms with E-state index in [-0.39, 0.29) is 10.8 Å². The molecule has 0 bridgehead atoms. The molecule has 0 saturated carbocycles. The Bertz CT molecular complexity index is 1410. The minimum absolute atomic E-state index is 0.0455. The van der Waals surface area contributed by atoms with Crippen LogP contribution in [-0.2, 0) is 15.7 Å². The van der Waals surface area contributed by atoms with E-state index in [1.54, 1.807) is 24.8 Å². The monoisotopic (exact) mass is 553 g/mol. The Morgan fingerprint density at radius 3 is 2.10 bits per heavy atom. The SMILES string of the molecule is CCOCCOc1ccc(-c2ccc(N3C(=S)N(c4ccc(C#N)c(C(F)(F)F)c4)C(=O)C3(C)C)cc2)cc1. The summed E-state index contributed by atoms with van der Waals surface area (Å²) in [6.45, 7) is 6.86. The molecule has 0 atom stereocenters. The van der Waals surface area contributed by atoms with Gasteiger partial charge in [0.1, 0.15) is 17.9 Å². The number of carbonyl (C=O) groups is 1. The predicted octanol–water partition coefficient (Wildman–Crippen LogP) is 6.58. The number of rotatable bonds is 8. The Labute approximate surface area is 230 Å². The minimum atomic E-state index is -4.76. The molecule has 1 heterocycles. The fraction of sp³-hybridized carbons (Fsp3) is 0.276. The van der Waals surface area contributed by atoms with Gasteiger partial charge in [-0.05, 0) is 86.6 Å². The fourth-order valence-electron chi connectivity index (χ4n) is 4.37. The van der Waals surface area contributed by atoms with E-state index in [0.717, 1.165) is 33.9 Å². The Balaban J connectivity index is 1.58. The maximum atomic E-state index is 13.6. The van der Waals surface area contributed by atoms with Crippen LogP contribution in [-0.4, -0.2) is 36.4 Å². The van der Waals surface area contributed by atoms with E-state index in [9.17, 15) is 18.0 Å². The molecule has 0 unspecified atom stereocenters. The highest BCUT2D eigenvalue weighted by atomic mass is 32.1. The van der Waals surface area contributed by atoms with Gasteiger partial charge in [-0.15, -0.1) is 0 Å². The zero-order valence-corrected chi connectivity index (χ0v) is 22.4. The molecule has 0 spiro atoms. The van der Waals surface area contributed by atoms with Crippen molar-refractivity contribution in [3.63, 3.8) is 0 Å². The lowest BCUT2D eigenvalue weighted by atomic mass is 10.0. The van der Waals surface area contributed by atoms with Crippen LogP contribution in [0, 0.1) is 11.3 Å². The molecule has 1 aliphatic heterocycles. The second-order valence-electron chi connectivity index (χ2n) is 9.27. The first-order valence-electron chi connectivity index (χ1n) is 12.2. The quantitative estimate of drug-likeness (QED) is 0.232. The van der Waals surface area contributed by atoms with Gasteiger partial charge in [0, 0.05) is 12.3 Å². The van der Waals surface area contributed by atoms with Gasteiger partial charge in [-0.25, -0.2) is 0 Å². The highest BCUT2D eigenvalue weighted by molar-refractivity contribution is 7.81. The molecule has 1 aliphatic rings. The van der Waals surface area contributed by atoms with Crippen molar-refractivity contribution < 1.29 is 27.4 Å². The van der Waals surface area contributed by atoms with Gasteiger partial charge in [0.05, 0.1) is 29.5 Å². The summed E-state index contributed by atoms with van der Waals surface area (Å²) in [5, 5.41) is 9.16. The van der Waals surface area contributed by atoms with Crippen molar-refractivity contribution >= 4 is 34.6 Å². The van der Waals surface area contributed by atoms with Crippen LogP contribution in [0.15, 0.2) is 66.7 Å². The van der Waals surface area contributed by atoms with Gasteiger partial charge in [0.25, 0.3) is 5.91 Å². The van der Waals surface area contributed by atoms with E-state index in [2.05, 4.69) is 0 Å². The molecule has 3 aromatic carbocycles. The molecular weight excluding hydrogens is 527 g/mol. The summed E-state index contributed by atoms with van der Waals surface area (Å²) in [6.07, 6.45) is -4.76. The van der Waals surface area contributed by atoms with E-state index in [4.69, 9.17) is 27.0 Å². The number of halogens is 3. The maximum absolute atomic E-state index is 13.6. The lowest BCUT2D eigenvalue weighted by Crippen LogP contribution is -2.44. The zero-order valence-electron chi connectivity index (χ0n) is 21.6. The molecular formula is C29H26F3N3O3S. The van der Waals surface area contributed by atoms with E-state index < -0.39 is 28.7 Å². The second-order valence-corrected chi connectivity index (χ2v) is 9.64. The van der Waals surface area contributed by atoms with E-state index in [1.807, 2.05) is 55.5 Å². The average Bonchev–Trinajstić information content (AvgIpc) is 3.09. The van der Waals surface area contributed by atoms with Crippen LogP contribution in [0.3, 0.4) is 0 Å². The molecule has 1 amide bonds. The van der Waals surface area contributed by atoms with Crippen molar-refractivity contribution in [2.45, 2.75) is 32.5 Å². The molecule has 202 valence electrons. The molecule has 3 aromatic rings. The van der Waals surface area contributed by atoms with Gasteiger partial charge in [0.15, 0.2) is 5.11 Å². The van der Waals surface area contributed by atoms with Crippen molar-refractivity contribution in [3.05, 3.63) is 77.9 Å². The van der Waals surface area contributed by atoms with Gasteiger partial charge in [-0.1, -0.05) is 24.3 Å². The third-order valence-corrected chi connectivity index (χ3v) is 6.73. The highest BCUT2D eigenvalue weighted by Gasteiger charge is 2.50. The van der Waals surface area contributed by atoms with E-state index in [0.29, 0.717) is 25.5 Å². The Kier molecular flexibility index (Phi) is 7.95. The van der Waals surface area contributed by atoms with Gasteiger partial charge in [0.2, 0.25) is 0 Å². The molecule has 0 aliphatic carbocycles. The van der Waals surface area contributed by atoms with Crippen molar-refractivity contribution in [3.8, 4) is 22.9 Å². The lowest BCUT2D eigenvalue weighted by Gasteiger charge is -2.29. The van der Waals surface area contributed by atoms with Crippen LogP contribution < -0.4 is 14.5 Å². The smallest absolute Gasteiger partial charge is 0.417 e. The number of amides is 1. The molecule has 39 heavy (non-hydrogen) atoms. The molecule has 1 saturated heterocycles. The number of thiocarbonyl (C=S) groups is 1. The van der Waals surface area contributed by atoms with Gasteiger partial charge < -0.3 is 14.4 Å². The van der Waals surface area contributed by atoms with Gasteiger partial charge in [-0.2, -0.15) is 18.4 Å². The summed E-state index contributed by atoms with van der Waals surface area (Å²) in [4.78, 5) is 16.1. The number of nitrogens with zero attached hydrogens (tertiary/aromatic N) is 3. The summed E-state index contributed by atoms with van der Waals surface area (Å²) in [6, 6.07) is 19.7. The standard InChI is InChI=1S/C29H26F3N3O3S/c1-4-37-15-16-38-24-13-8-20(9-14-24)19-5-10-22(11-6-19)35-27(39)34(26(36)28(35,2)3)23-12-7-21(18-33)25(17-23)29(30,31)32/h5-14,17H,4,15-16H2,1-3H3. The molecule has 0 radical (unpaired) electrons. The van der Waals surface area contributed by atoms with Crippen LogP contribution >= 0.6 is 12.2 Å². The first kappa shape index (κ1) is 28.1. The van der Waals surface area contributed by atoms with Crippen molar-refractivity contribution in [1.29, 1.82) is 5.26 Å². The summed E-state index contributed by atoms with van der Waals surface area (Å²) in [7, 11) is 0. The average molecular weight is 554 g/mol. The van der Waals surface area contributed by atoms with Crippen LogP contribution in [0.2, 0.25) is 0 Å². The van der Waals surface area contributed by atoms with Crippen molar-refractivity contribution in [1.82, 2.24) is 0 Å². The molecule has 0 aromatic heterocycles. The molecule has 1 fully saturated rings. The van der Waals surface area contributed by atoms with Crippen LogP contribution in [0.25, 0.3) is 11.1 Å². The topological polar surface area (TPSA) is 65.8 Å². The Morgan fingerprint density at radius 2 is 1.54 bits per heavy atom. The number of nitriles is 1. The first-order chi connectivity index (χ1) is 18.5.